The molecular formula is C13H13BrF3NO2. The molecule has 0 spiro atoms. The molecule has 3 nitrogen and oxygen atoms in total. The molecule has 2 rings (SSSR count). The van der Waals surface area contributed by atoms with Crippen LogP contribution in [0.5, 0.6) is 0 Å². The maximum atomic E-state index is 12.6. The fourth-order valence-corrected chi connectivity index (χ4v) is 2.83. The van der Waals surface area contributed by atoms with Crippen LogP contribution in [0.2, 0.25) is 0 Å². The van der Waals surface area contributed by atoms with Gasteiger partial charge in [0, 0.05) is 23.2 Å². The molecule has 0 amide bonds. The van der Waals surface area contributed by atoms with Crippen molar-refractivity contribution in [2.24, 2.45) is 5.92 Å². The minimum absolute atomic E-state index is 0.0401. The number of benzene rings is 1. The fourth-order valence-electron chi connectivity index (χ4n) is 2.35. The summed E-state index contributed by atoms with van der Waals surface area (Å²) in [4.78, 5) is 12.8. The van der Waals surface area contributed by atoms with Crippen molar-refractivity contribution in [1.29, 1.82) is 0 Å². The Labute approximate surface area is 122 Å². The summed E-state index contributed by atoms with van der Waals surface area (Å²) in [6.45, 7) is 0.555. The van der Waals surface area contributed by atoms with Gasteiger partial charge in [-0.1, -0.05) is 15.9 Å². The quantitative estimate of drug-likeness (QED) is 0.877. The average Bonchev–Trinajstić information content (AvgIpc) is 2.37. The van der Waals surface area contributed by atoms with Crippen molar-refractivity contribution in [2.75, 3.05) is 18.0 Å². The second-order valence-electron chi connectivity index (χ2n) is 4.81. The maximum Gasteiger partial charge on any atom is 0.391 e. The standard InChI is InChI=1S/C13H13BrF3NO2/c14-10-5-8(12(19)20)6-11(7-10)18-3-1-9(2-4-18)13(15,16)17/h5-7,9H,1-4H2,(H,19,20). The smallest absolute Gasteiger partial charge is 0.391 e. The van der Waals surface area contributed by atoms with Crippen molar-refractivity contribution in [2.45, 2.75) is 19.0 Å². The van der Waals surface area contributed by atoms with Crippen LogP contribution in [0.4, 0.5) is 18.9 Å². The number of anilines is 1. The van der Waals surface area contributed by atoms with E-state index in [0.717, 1.165) is 0 Å². The monoisotopic (exact) mass is 351 g/mol. The molecular weight excluding hydrogens is 339 g/mol. The predicted octanol–water partition coefficient (Wildman–Crippen LogP) is 3.93. The van der Waals surface area contributed by atoms with Crippen molar-refractivity contribution in [3.05, 3.63) is 28.2 Å². The minimum atomic E-state index is -4.14. The molecule has 1 heterocycles. The number of nitrogens with zero attached hydrogens (tertiary/aromatic N) is 1. The number of carboxylic acid groups (broad SMARTS) is 1. The third-order valence-corrected chi connectivity index (χ3v) is 3.91. The Morgan fingerprint density at radius 3 is 2.35 bits per heavy atom. The number of carbonyl (C=O) groups is 1. The highest BCUT2D eigenvalue weighted by atomic mass is 79.9. The summed E-state index contributed by atoms with van der Waals surface area (Å²) in [7, 11) is 0. The van der Waals surface area contributed by atoms with Crippen molar-refractivity contribution in [1.82, 2.24) is 0 Å². The topological polar surface area (TPSA) is 40.5 Å². The van der Waals surface area contributed by atoms with E-state index in [0.29, 0.717) is 10.2 Å². The van der Waals surface area contributed by atoms with Gasteiger partial charge >= 0.3 is 12.1 Å². The van der Waals surface area contributed by atoms with Crippen LogP contribution in [-0.4, -0.2) is 30.3 Å². The predicted molar refractivity (Wildman–Crippen MR) is 72.1 cm³/mol. The molecule has 0 unspecified atom stereocenters. The molecule has 1 saturated heterocycles. The highest BCUT2D eigenvalue weighted by molar-refractivity contribution is 9.10. The number of hydrogen-bond donors (Lipinski definition) is 1. The van der Waals surface area contributed by atoms with Gasteiger partial charge in [-0.2, -0.15) is 13.2 Å². The molecule has 20 heavy (non-hydrogen) atoms. The first-order valence-electron chi connectivity index (χ1n) is 6.13. The van der Waals surface area contributed by atoms with Gasteiger partial charge in [0.15, 0.2) is 0 Å². The molecule has 1 aromatic rings. The van der Waals surface area contributed by atoms with Gasteiger partial charge in [-0.25, -0.2) is 4.79 Å². The van der Waals surface area contributed by atoms with Crippen LogP contribution >= 0.6 is 15.9 Å². The number of alkyl halides is 3. The van der Waals surface area contributed by atoms with E-state index >= 15 is 0 Å². The third kappa shape index (κ3) is 3.45. The average molecular weight is 352 g/mol. The summed E-state index contributed by atoms with van der Waals surface area (Å²) in [6, 6.07) is 4.68. The molecule has 1 N–H and O–H groups in total. The van der Waals surface area contributed by atoms with Crippen LogP contribution < -0.4 is 4.90 Å². The Morgan fingerprint density at radius 2 is 1.85 bits per heavy atom. The number of hydrogen-bond acceptors (Lipinski definition) is 2. The molecule has 1 fully saturated rings. The van der Waals surface area contributed by atoms with Crippen molar-refractivity contribution >= 4 is 27.6 Å². The largest absolute Gasteiger partial charge is 0.478 e. The van der Waals surface area contributed by atoms with Gasteiger partial charge < -0.3 is 10.0 Å². The summed E-state index contributed by atoms with van der Waals surface area (Å²) in [5, 5.41) is 8.99. The van der Waals surface area contributed by atoms with Crippen LogP contribution in [-0.2, 0) is 0 Å². The summed E-state index contributed by atoms with van der Waals surface area (Å²) in [5.41, 5.74) is 0.754. The summed E-state index contributed by atoms with van der Waals surface area (Å²) in [6.07, 6.45) is -4.06. The molecule has 1 aromatic carbocycles. The number of halogens is 4. The first kappa shape index (κ1) is 15.2. The van der Waals surface area contributed by atoms with Gasteiger partial charge in [0.25, 0.3) is 0 Å². The molecule has 1 aliphatic heterocycles. The summed E-state index contributed by atoms with van der Waals surface area (Å²) < 4.78 is 38.4. The Balaban J connectivity index is 2.13. The van der Waals surface area contributed by atoms with Crippen molar-refractivity contribution < 1.29 is 23.1 Å². The van der Waals surface area contributed by atoms with Gasteiger partial charge in [0.05, 0.1) is 11.5 Å². The van der Waals surface area contributed by atoms with Crippen molar-refractivity contribution in [3.8, 4) is 0 Å². The molecule has 110 valence electrons. The molecule has 0 aromatic heterocycles. The number of carboxylic acids is 1. The second-order valence-corrected chi connectivity index (χ2v) is 5.72. The van der Waals surface area contributed by atoms with E-state index in [-0.39, 0.29) is 31.5 Å². The fraction of sp³-hybridized carbons (Fsp3) is 0.462. The van der Waals surface area contributed by atoms with Gasteiger partial charge in [-0.05, 0) is 31.0 Å². The third-order valence-electron chi connectivity index (χ3n) is 3.45. The molecule has 1 aliphatic rings. The second kappa shape index (κ2) is 5.63. The summed E-state index contributed by atoms with van der Waals surface area (Å²) >= 11 is 3.22. The van der Waals surface area contributed by atoms with E-state index in [1.165, 1.54) is 12.1 Å². The molecule has 0 aliphatic carbocycles. The highest BCUT2D eigenvalue weighted by Gasteiger charge is 2.41. The Kier molecular flexibility index (Phi) is 4.27. The van der Waals surface area contributed by atoms with Crippen LogP contribution in [0.25, 0.3) is 0 Å². The molecule has 7 heteroatoms. The van der Waals surface area contributed by atoms with E-state index < -0.39 is 18.1 Å². The minimum Gasteiger partial charge on any atom is -0.478 e. The highest BCUT2D eigenvalue weighted by Crippen LogP contribution is 2.36. The zero-order valence-corrected chi connectivity index (χ0v) is 12.0. The van der Waals surface area contributed by atoms with Gasteiger partial charge in [0.2, 0.25) is 0 Å². The maximum absolute atomic E-state index is 12.6. The number of rotatable bonds is 2. The Morgan fingerprint density at radius 1 is 1.25 bits per heavy atom. The van der Waals surface area contributed by atoms with Crippen molar-refractivity contribution in [3.63, 3.8) is 0 Å². The van der Waals surface area contributed by atoms with Crippen LogP contribution in [0, 0.1) is 5.92 Å². The first-order valence-corrected chi connectivity index (χ1v) is 6.92. The van der Waals surface area contributed by atoms with E-state index in [2.05, 4.69) is 15.9 Å². The van der Waals surface area contributed by atoms with E-state index in [9.17, 15) is 18.0 Å². The first-order chi connectivity index (χ1) is 9.27. The lowest BCUT2D eigenvalue weighted by molar-refractivity contribution is -0.179. The Bertz CT molecular complexity index is 511. The van der Waals surface area contributed by atoms with E-state index in [4.69, 9.17) is 5.11 Å². The SMILES string of the molecule is O=C(O)c1cc(Br)cc(N2CCC(C(F)(F)F)CC2)c1. The molecule has 0 radical (unpaired) electrons. The number of aromatic carboxylic acids is 1. The van der Waals surface area contributed by atoms with Crippen LogP contribution in [0.3, 0.4) is 0 Å². The van der Waals surface area contributed by atoms with Gasteiger partial charge in [0.1, 0.15) is 0 Å². The number of piperidine rings is 1. The zero-order valence-electron chi connectivity index (χ0n) is 10.5. The summed E-state index contributed by atoms with van der Waals surface area (Å²) in [5.74, 6) is -2.32. The van der Waals surface area contributed by atoms with Gasteiger partial charge in [-0.3, -0.25) is 0 Å². The van der Waals surface area contributed by atoms with Crippen LogP contribution in [0.15, 0.2) is 22.7 Å². The molecule has 0 atom stereocenters. The lowest BCUT2D eigenvalue weighted by Gasteiger charge is -2.34. The Hall–Kier alpha value is -1.24. The van der Waals surface area contributed by atoms with E-state index in [1.807, 2.05) is 0 Å². The molecule has 0 bridgehead atoms. The zero-order chi connectivity index (χ0) is 14.9. The molecule has 0 saturated carbocycles. The van der Waals surface area contributed by atoms with Gasteiger partial charge in [-0.15, -0.1) is 0 Å². The van der Waals surface area contributed by atoms with E-state index in [1.54, 1.807) is 11.0 Å². The normalized spacial score (nSPS) is 17.3. The van der Waals surface area contributed by atoms with Crippen LogP contribution in [0.1, 0.15) is 23.2 Å². The lowest BCUT2D eigenvalue weighted by Crippen LogP contribution is -2.39. The lowest BCUT2D eigenvalue weighted by atomic mass is 9.96.